The highest BCUT2D eigenvalue weighted by Gasteiger charge is 2.17. The van der Waals surface area contributed by atoms with E-state index in [-0.39, 0.29) is 0 Å². The average Bonchev–Trinajstić information content (AvgIpc) is 2.60. The molecule has 3 nitrogen and oxygen atoms in total. The summed E-state index contributed by atoms with van der Waals surface area (Å²) >= 11 is 0. The van der Waals surface area contributed by atoms with Crippen LogP contribution < -0.4 is 4.72 Å². The van der Waals surface area contributed by atoms with Gasteiger partial charge in [0.25, 0.3) is 10.0 Å². The summed E-state index contributed by atoms with van der Waals surface area (Å²) in [6.45, 7) is 8.48. The van der Waals surface area contributed by atoms with Crippen LogP contribution in [0.3, 0.4) is 0 Å². The van der Waals surface area contributed by atoms with Gasteiger partial charge < -0.3 is 0 Å². The third-order valence-corrected chi connectivity index (χ3v) is 6.10. The molecule has 0 saturated heterocycles. The quantitative estimate of drug-likeness (QED) is 0.718. The molecule has 0 aliphatic carbocycles. The van der Waals surface area contributed by atoms with Gasteiger partial charge >= 0.3 is 0 Å². The summed E-state index contributed by atoms with van der Waals surface area (Å²) < 4.78 is 28.2. The molecule has 0 aliphatic heterocycles. The number of sulfonamides is 1. The lowest BCUT2D eigenvalue weighted by Gasteiger charge is -2.17. The highest BCUT2D eigenvalue weighted by molar-refractivity contribution is 7.92. The SMILES string of the molecule is CCC(C)c1ccc(S(=O)(=O)Nc2ccccc2C(C)CC)cc1. The van der Waals surface area contributed by atoms with Gasteiger partial charge in [-0.3, -0.25) is 4.72 Å². The summed E-state index contributed by atoms with van der Waals surface area (Å²) in [5.74, 6) is 0.734. The zero-order chi connectivity index (χ0) is 17.7. The first-order valence-electron chi connectivity index (χ1n) is 8.60. The van der Waals surface area contributed by atoms with Gasteiger partial charge in [-0.1, -0.05) is 58.0 Å². The standard InChI is InChI=1S/C20H27NO2S/c1-5-15(3)17-11-13-18(14-12-17)24(22,23)21-20-10-8-7-9-19(20)16(4)6-2/h7-16,21H,5-6H2,1-4H3. The van der Waals surface area contributed by atoms with Crippen molar-refractivity contribution in [2.45, 2.75) is 57.3 Å². The predicted octanol–water partition coefficient (Wildman–Crippen LogP) is 5.51. The van der Waals surface area contributed by atoms with Crippen molar-refractivity contribution in [1.29, 1.82) is 0 Å². The van der Waals surface area contributed by atoms with E-state index in [1.54, 1.807) is 12.1 Å². The van der Waals surface area contributed by atoms with Crippen LogP contribution in [0.15, 0.2) is 53.4 Å². The first-order chi connectivity index (χ1) is 11.4. The molecule has 0 amide bonds. The number of hydrogen-bond donors (Lipinski definition) is 1. The highest BCUT2D eigenvalue weighted by Crippen LogP contribution is 2.29. The van der Waals surface area contributed by atoms with E-state index in [2.05, 4.69) is 32.4 Å². The molecule has 0 saturated carbocycles. The zero-order valence-corrected chi connectivity index (χ0v) is 15.7. The minimum Gasteiger partial charge on any atom is -0.279 e. The number of rotatable bonds is 7. The minimum absolute atomic E-state index is 0.300. The molecule has 0 aliphatic rings. The van der Waals surface area contributed by atoms with Gasteiger partial charge in [0.05, 0.1) is 10.6 Å². The smallest absolute Gasteiger partial charge is 0.261 e. The molecule has 0 radical (unpaired) electrons. The number of hydrogen-bond acceptors (Lipinski definition) is 2. The molecule has 130 valence electrons. The molecule has 2 unspecified atom stereocenters. The van der Waals surface area contributed by atoms with Gasteiger partial charge in [-0.25, -0.2) is 8.42 Å². The summed E-state index contributed by atoms with van der Waals surface area (Å²) in [4.78, 5) is 0.300. The van der Waals surface area contributed by atoms with Gasteiger partial charge in [0.1, 0.15) is 0 Å². The van der Waals surface area contributed by atoms with Crippen molar-refractivity contribution in [2.75, 3.05) is 4.72 Å². The van der Waals surface area contributed by atoms with E-state index in [1.807, 2.05) is 36.4 Å². The topological polar surface area (TPSA) is 46.2 Å². The molecule has 0 bridgehead atoms. The Kier molecular flexibility index (Phi) is 6.05. The largest absolute Gasteiger partial charge is 0.279 e. The lowest BCUT2D eigenvalue weighted by molar-refractivity contribution is 0.601. The van der Waals surface area contributed by atoms with Crippen molar-refractivity contribution >= 4 is 15.7 Å². The van der Waals surface area contributed by atoms with Crippen LogP contribution in [0, 0.1) is 0 Å². The monoisotopic (exact) mass is 345 g/mol. The minimum atomic E-state index is -3.58. The maximum absolute atomic E-state index is 12.7. The summed E-state index contributed by atoms with van der Waals surface area (Å²) in [7, 11) is -3.58. The molecule has 4 heteroatoms. The van der Waals surface area contributed by atoms with Crippen LogP contribution in [0.4, 0.5) is 5.69 Å². The van der Waals surface area contributed by atoms with Crippen molar-refractivity contribution in [3.8, 4) is 0 Å². The summed E-state index contributed by atoms with van der Waals surface area (Å²) in [5, 5.41) is 0. The van der Waals surface area contributed by atoms with Gasteiger partial charge in [-0.05, 0) is 54.0 Å². The van der Waals surface area contributed by atoms with E-state index < -0.39 is 10.0 Å². The highest BCUT2D eigenvalue weighted by atomic mass is 32.2. The van der Waals surface area contributed by atoms with E-state index in [0.717, 1.165) is 24.0 Å². The van der Waals surface area contributed by atoms with Crippen molar-refractivity contribution in [1.82, 2.24) is 0 Å². The molecule has 2 aromatic carbocycles. The lowest BCUT2D eigenvalue weighted by Crippen LogP contribution is -2.15. The van der Waals surface area contributed by atoms with Crippen molar-refractivity contribution in [3.63, 3.8) is 0 Å². The Bertz CT molecular complexity index is 766. The Hall–Kier alpha value is -1.81. The second kappa shape index (κ2) is 7.84. The Labute approximate surface area is 146 Å². The third kappa shape index (κ3) is 4.18. The molecule has 2 rings (SSSR count). The van der Waals surface area contributed by atoms with E-state index >= 15 is 0 Å². The third-order valence-electron chi connectivity index (χ3n) is 4.72. The summed E-state index contributed by atoms with van der Waals surface area (Å²) in [6.07, 6.45) is 2.00. The van der Waals surface area contributed by atoms with Crippen LogP contribution in [0.1, 0.15) is 63.5 Å². The van der Waals surface area contributed by atoms with Gasteiger partial charge in [-0.2, -0.15) is 0 Å². The van der Waals surface area contributed by atoms with Crippen LogP contribution in [-0.4, -0.2) is 8.42 Å². The Balaban J connectivity index is 2.29. The molecule has 0 fully saturated rings. The number of anilines is 1. The van der Waals surface area contributed by atoms with Crippen LogP contribution >= 0.6 is 0 Å². The summed E-state index contributed by atoms with van der Waals surface area (Å²) in [6, 6.07) is 14.8. The van der Waals surface area contributed by atoms with E-state index in [1.165, 1.54) is 0 Å². The van der Waals surface area contributed by atoms with Crippen LogP contribution in [0.5, 0.6) is 0 Å². The van der Waals surface area contributed by atoms with Crippen LogP contribution in [0.25, 0.3) is 0 Å². The maximum Gasteiger partial charge on any atom is 0.261 e. The molecule has 2 atom stereocenters. The molecule has 2 aromatic rings. The van der Waals surface area contributed by atoms with E-state index in [9.17, 15) is 8.42 Å². The molecular weight excluding hydrogens is 318 g/mol. The predicted molar refractivity (Wildman–Crippen MR) is 101 cm³/mol. The fourth-order valence-electron chi connectivity index (χ4n) is 2.65. The average molecular weight is 346 g/mol. The summed E-state index contributed by atoms with van der Waals surface area (Å²) in [5.41, 5.74) is 2.86. The normalized spacial score (nSPS) is 14.2. The van der Waals surface area contributed by atoms with Gasteiger partial charge in [-0.15, -0.1) is 0 Å². The molecule has 24 heavy (non-hydrogen) atoms. The van der Waals surface area contributed by atoms with Crippen molar-refractivity contribution in [2.24, 2.45) is 0 Å². The van der Waals surface area contributed by atoms with Gasteiger partial charge in [0.2, 0.25) is 0 Å². The Morgan fingerprint density at radius 3 is 2.04 bits per heavy atom. The number of benzene rings is 2. The van der Waals surface area contributed by atoms with Crippen molar-refractivity contribution in [3.05, 3.63) is 59.7 Å². The lowest BCUT2D eigenvalue weighted by atomic mass is 9.97. The zero-order valence-electron chi connectivity index (χ0n) is 14.9. The second-order valence-corrected chi connectivity index (χ2v) is 8.06. The molecule has 0 spiro atoms. The Morgan fingerprint density at radius 1 is 0.875 bits per heavy atom. The molecule has 0 heterocycles. The molecule has 1 N–H and O–H groups in total. The van der Waals surface area contributed by atoms with Crippen molar-refractivity contribution < 1.29 is 8.42 Å². The number of para-hydroxylation sites is 1. The molecule has 0 aromatic heterocycles. The first kappa shape index (κ1) is 18.5. The fraction of sp³-hybridized carbons (Fsp3) is 0.400. The van der Waals surface area contributed by atoms with Crippen LogP contribution in [-0.2, 0) is 10.0 Å². The first-order valence-corrected chi connectivity index (χ1v) is 10.1. The Morgan fingerprint density at radius 2 is 1.46 bits per heavy atom. The maximum atomic E-state index is 12.7. The second-order valence-electron chi connectivity index (χ2n) is 6.38. The van der Waals surface area contributed by atoms with Gasteiger partial charge in [0.15, 0.2) is 0 Å². The number of nitrogens with one attached hydrogen (secondary N) is 1. The van der Waals surface area contributed by atoms with E-state index in [0.29, 0.717) is 22.4 Å². The van der Waals surface area contributed by atoms with Gasteiger partial charge in [0, 0.05) is 0 Å². The van der Waals surface area contributed by atoms with E-state index in [4.69, 9.17) is 0 Å². The molecular formula is C20H27NO2S. The van der Waals surface area contributed by atoms with Crippen LogP contribution in [0.2, 0.25) is 0 Å². The fourth-order valence-corrected chi connectivity index (χ4v) is 3.74.